The summed E-state index contributed by atoms with van der Waals surface area (Å²) < 4.78 is 670. The zero-order valence-electron chi connectivity index (χ0n) is 35.4. The zero-order chi connectivity index (χ0) is 66.5. The quantitative estimate of drug-likeness (QED) is 0.0497. The van der Waals surface area contributed by atoms with Crippen molar-refractivity contribution in [1.82, 2.24) is 0 Å². The molecule has 0 radical (unpaired) electrons. The highest BCUT2D eigenvalue weighted by Gasteiger charge is 2.92. The summed E-state index contributed by atoms with van der Waals surface area (Å²) in [4.78, 5) is 0. The molecule has 0 spiro atoms. The number of hydrogen-bond acceptors (Lipinski definition) is 4. The maximum atomic E-state index is 14.7. The fourth-order valence-corrected chi connectivity index (χ4v) is 4.42. The normalized spacial score (nSPS) is 16.7. The Hall–Kier alpha value is -3.52. The van der Waals surface area contributed by atoms with Crippen LogP contribution >= 0.6 is 0 Å². The average molecular weight is 1340 g/mol. The molecule has 0 aliphatic rings. The lowest BCUT2D eigenvalue weighted by Gasteiger charge is -2.43. The van der Waals surface area contributed by atoms with Crippen LogP contribution in [0.1, 0.15) is 0 Å². The molecule has 0 heterocycles. The molecular weight excluding hydrogens is 1320 g/mol. The summed E-state index contributed by atoms with van der Waals surface area (Å²) in [6, 6.07) is 0. The van der Waals surface area contributed by atoms with Crippen molar-refractivity contribution in [3.63, 3.8) is 0 Å². The van der Waals surface area contributed by atoms with Gasteiger partial charge >= 0.3 is 150 Å². The topological polar surface area (TPSA) is 36.9 Å². The Morgan fingerprint density at radius 1 is 0.173 bits per heavy atom. The van der Waals surface area contributed by atoms with Crippen LogP contribution in [0.15, 0.2) is 0 Å². The van der Waals surface area contributed by atoms with Crippen molar-refractivity contribution in [2.45, 2.75) is 150 Å². The SMILES string of the molecule is FC(F)C(F)(F)C(F)(F)C(F)(F)C(F)(F)C(F)(F)COC(OCC(F)(F)C(F)(F)C(F)(F)C(F)(F)C(F)(F)C(F)F)(OCC(F)(F)C(F)(F)C(F)(F)C(F)(F)C(F)(F)C(F)F)OCC(F)(F)C(F)(F)C(F)(F)C(F)(F)C(F)(F)C(F)F. The van der Waals surface area contributed by atoms with E-state index in [0.717, 1.165) is 0 Å². The van der Waals surface area contributed by atoms with E-state index in [1.807, 2.05) is 0 Å². The second-order valence-corrected chi connectivity index (χ2v) is 15.1. The molecule has 0 saturated heterocycles. The van der Waals surface area contributed by atoms with Gasteiger partial charge in [-0.25, -0.2) is 35.1 Å². The fourth-order valence-electron chi connectivity index (χ4n) is 4.42. The Bertz CT molecular complexity index is 1810. The second-order valence-electron chi connectivity index (χ2n) is 15.1. The number of ether oxygens (including phenoxy) is 4. The van der Waals surface area contributed by atoms with E-state index in [2.05, 4.69) is 18.9 Å². The molecule has 0 atom stereocenters. The lowest BCUT2D eigenvalue weighted by molar-refractivity contribution is -0.536. The zero-order valence-corrected chi connectivity index (χ0v) is 35.4. The minimum absolute atomic E-state index is 2.25. The molecule has 81 heavy (non-hydrogen) atoms. The van der Waals surface area contributed by atoms with Crippen molar-refractivity contribution in [3.05, 3.63) is 0 Å². The molecule has 0 saturated carbocycles. The average Bonchev–Trinajstić information content (AvgIpc) is 3.27. The molecule has 488 valence electrons. The van der Waals surface area contributed by atoms with E-state index in [-0.39, 0.29) is 0 Å². The van der Waals surface area contributed by atoms with Gasteiger partial charge in [0.2, 0.25) is 0 Å². The lowest BCUT2D eigenvalue weighted by Crippen LogP contribution is -2.71. The van der Waals surface area contributed by atoms with E-state index in [1.165, 1.54) is 0 Å². The summed E-state index contributed by atoms with van der Waals surface area (Å²) in [5.41, 5.74) is 0. The number of hydrogen-bond donors (Lipinski definition) is 0. The molecule has 4 nitrogen and oxygen atoms in total. The Labute approximate surface area is 407 Å². The first-order valence-corrected chi connectivity index (χ1v) is 17.8. The molecule has 0 aromatic carbocycles. The van der Waals surface area contributed by atoms with Crippen molar-refractivity contribution in [2.24, 2.45) is 0 Å². The van der Waals surface area contributed by atoms with Gasteiger partial charge in [-0.3, -0.25) is 18.9 Å². The van der Waals surface area contributed by atoms with Crippen molar-refractivity contribution in [3.8, 4) is 0 Å². The maximum absolute atomic E-state index is 14.7. The van der Waals surface area contributed by atoms with Gasteiger partial charge in [0.25, 0.3) is 0 Å². The minimum atomic E-state index is -9.26. The highest BCUT2D eigenvalue weighted by molar-refractivity contribution is 5.13. The Morgan fingerprint density at radius 2 is 0.284 bits per heavy atom. The maximum Gasteiger partial charge on any atom is 0.413 e. The second kappa shape index (κ2) is 21.5. The summed E-state index contributed by atoms with van der Waals surface area (Å²) in [6.45, 7) is -22.5. The monoisotopic (exact) mass is 1340 g/mol. The predicted octanol–water partition coefficient (Wildman–Crippen LogP) is 15.4. The Balaban J connectivity index is 9.16. The van der Waals surface area contributed by atoms with Crippen molar-refractivity contribution >= 4 is 0 Å². The highest BCUT2D eigenvalue weighted by Crippen LogP contribution is 2.63. The number of rotatable bonds is 32. The first-order chi connectivity index (χ1) is 34.6. The van der Waals surface area contributed by atoms with Gasteiger partial charge in [0.1, 0.15) is 26.4 Å². The number of alkyl halides is 48. The van der Waals surface area contributed by atoms with Crippen LogP contribution in [0, 0.1) is 0 Å². The van der Waals surface area contributed by atoms with Gasteiger partial charge in [0.05, 0.1) is 0 Å². The smallest absolute Gasteiger partial charge is 0.297 e. The summed E-state index contributed by atoms with van der Waals surface area (Å²) in [5, 5.41) is 0. The third-order valence-corrected chi connectivity index (χ3v) is 9.48. The largest absolute Gasteiger partial charge is 0.413 e. The van der Waals surface area contributed by atoms with Gasteiger partial charge in [-0.05, 0) is 0 Å². The van der Waals surface area contributed by atoms with E-state index in [1.54, 1.807) is 0 Å². The van der Waals surface area contributed by atoms with Gasteiger partial charge in [-0.1, -0.05) is 0 Å². The van der Waals surface area contributed by atoms with Crippen LogP contribution in [0.2, 0.25) is 0 Å². The van der Waals surface area contributed by atoms with E-state index in [9.17, 15) is 211 Å². The predicted molar refractivity (Wildman–Crippen MR) is 149 cm³/mol. The molecule has 0 rings (SSSR count). The molecule has 0 bridgehead atoms. The van der Waals surface area contributed by atoms with Gasteiger partial charge in [0.15, 0.2) is 0 Å². The van der Waals surface area contributed by atoms with Gasteiger partial charge in [-0.15, -0.1) is 0 Å². The van der Waals surface area contributed by atoms with Crippen LogP contribution in [-0.4, -0.2) is 177 Å². The number of halogens is 48. The molecule has 0 aromatic heterocycles. The lowest BCUT2D eigenvalue weighted by atomic mass is 9.94. The highest BCUT2D eigenvalue weighted by atomic mass is 19.4. The van der Waals surface area contributed by atoms with Crippen LogP contribution in [-0.2, 0) is 18.9 Å². The van der Waals surface area contributed by atoms with E-state index in [0.29, 0.717) is 0 Å². The van der Waals surface area contributed by atoms with Gasteiger partial charge in [-0.2, -0.15) is 176 Å². The van der Waals surface area contributed by atoms with Crippen molar-refractivity contribution in [2.75, 3.05) is 26.4 Å². The molecule has 0 aliphatic heterocycles. The third-order valence-electron chi connectivity index (χ3n) is 9.48. The summed E-state index contributed by atoms with van der Waals surface area (Å²) in [7, 11) is 0. The minimum Gasteiger partial charge on any atom is -0.297 e. The summed E-state index contributed by atoms with van der Waals surface area (Å²) in [6.07, 6.45) is -34.3. The molecule has 52 heteroatoms. The molecule has 0 N–H and O–H groups in total. The van der Waals surface area contributed by atoms with Crippen LogP contribution in [0.4, 0.5) is 211 Å². The van der Waals surface area contributed by atoms with Crippen molar-refractivity contribution < 1.29 is 230 Å². The first-order valence-electron chi connectivity index (χ1n) is 17.8. The fraction of sp³-hybridized carbons (Fsp3) is 1.00. The molecule has 0 aromatic rings. The summed E-state index contributed by atoms with van der Waals surface area (Å²) in [5.74, 6) is -177. The van der Waals surface area contributed by atoms with Crippen LogP contribution in [0.3, 0.4) is 0 Å². The summed E-state index contributed by atoms with van der Waals surface area (Å²) >= 11 is 0. The Kier molecular flexibility index (Phi) is 20.5. The van der Waals surface area contributed by atoms with E-state index in [4.69, 9.17) is 0 Å². The molecular formula is C29H12F48O4. The molecule has 0 fully saturated rings. The molecule has 0 aliphatic carbocycles. The van der Waals surface area contributed by atoms with E-state index < -0.39 is 177 Å². The van der Waals surface area contributed by atoms with Crippen LogP contribution in [0.5, 0.6) is 0 Å². The van der Waals surface area contributed by atoms with Crippen molar-refractivity contribution in [1.29, 1.82) is 0 Å². The van der Waals surface area contributed by atoms with Crippen LogP contribution in [0.25, 0.3) is 0 Å². The molecule has 0 unspecified atom stereocenters. The van der Waals surface area contributed by atoms with Gasteiger partial charge in [0, 0.05) is 0 Å². The van der Waals surface area contributed by atoms with Gasteiger partial charge < -0.3 is 0 Å². The van der Waals surface area contributed by atoms with E-state index >= 15 is 0 Å². The Morgan fingerprint density at radius 3 is 0.383 bits per heavy atom. The first kappa shape index (κ1) is 77.5. The molecule has 0 amide bonds. The third kappa shape index (κ3) is 11.5. The standard InChI is InChI=1S/C29H12F48O4/c30-5(31)13(46,47)21(62,63)25(70,71)17(54,55)9(38,39)1-78-29(79-2-10(40,41)18(56,57)26(72,73)22(64,65)14(48,49)6(32)33,80-3-11(42,43)19(58,59)27(74,75)23(66,67)15(50,51)7(34)35)81-4-12(44,45)20(60,61)28(76,77)24(68,69)16(52,53)8(36)37/h5-8H,1-4H2. The van der Waals surface area contributed by atoms with Crippen LogP contribution < -0.4 is 0 Å².